The molecule has 0 saturated heterocycles. The lowest BCUT2D eigenvalue weighted by Crippen LogP contribution is -2.32. The van der Waals surface area contributed by atoms with Crippen molar-refractivity contribution in [2.75, 3.05) is 22.3 Å². The van der Waals surface area contributed by atoms with Gasteiger partial charge in [-0.2, -0.15) is 23.4 Å². The van der Waals surface area contributed by atoms with Gasteiger partial charge in [0.25, 0.3) is 15.7 Å². The van der Waals surface area contributed by atoms with E-state index in [9.17, 15) is 26.2 Å². The molecule has 4 aromatic rings. The fraction of sp³-hybridized carbons (Fsp3) is 0.280. The summed E-state index contributed by atoms with van der Waals surface area (Å²) in [7, 11) is -8.34. The average molecular weight is 701 g/mol. The van der Waals surface area contributed by atoms with Gasteiger partial charge in [-0.1, -0.05) is 18.2 Å². The number of nitrogens with zero attached hydrogens (tertiary/aromatic N) is 6. The number of para-hydroxylation sites is 1. The molecule has 0 aliphatic heterocycles. The second-order valence-corrected chi connectivity index (χ2v) is 13.8. The van der Waals surface area contributed by atoms with Gasteiger partial charge in [0.05, 0.1) is 17.1 Å². The maximum atomic E-state index is 13.0. The summed E-state index contributed by atoms with van der Waals surface area (Å²) in [5.74, 6) is -0.506. The minimum absolute atomic E-state index is 0.0703. The Morgan fingerprint density at radius 2 is 1.73 bits per heavy atom. The van der Waals surface area contributed by atoms with E-state index in [1.54, 1.807) is 37.3 Å². The van der Waals surface area contributed by atoms with E-state index in [2.05, 4.69) is 40.9 Å². The topological polar surface area (TPSA) is 223 Å². The van der Waals surface area contributed by atoms with Crippen LogP contribution in [-0.4, -0.2) is 69.4 Å². The van der Waals surface area contributed by atoms with Gasteiger partial charge in [0.15, 0.2) is 21.0 Å². The molecule has 4 rings (SSSR count). The van der Waals surface area contributed by atoms with E-state index in [1.807, 2.05) is 0 Å². The maximum absolute atomic E-state index is 13.0. The van der Waals surface area contributed by atoms with E-state index in [-0.39, 0.29) is 45.9 Å². The smallest absolute Gasteiger partial charge is 0.299 e. The van der Waals surface area contributed by atoms with Gasteiger partial charge in [-0.15, -0.1) is 21.8 Å². The first-order valence-corrected chi connectivity index (χ1v) is 17.0. The Kier molecular flexibility index (Phi) is 10.6. The Labute approximate surface area is 267 Å². The van der Waals surface area contributed by atoms with Crippen molar-refractivity contribution in [3.8, 4) is 5.69 Å². The van der Waals surface area contributed by atoms with E-state index in [1.165, 1.54) is 30.7 Å². The number of hydrogen-bond donors (Lipinski definition) is 4. The maximum Gasteiger partial charge on any atom is 0.299 e. The summed E-state index contributed by atoms with van der Waals surface area (Å²) in [4.78, 5) is 24.5. The minimum atomic E-state index is -4.75. The Hall–Kier alpha value is -3.94. The van der Waals surface area contributed by atoms with Gasteiger partial charge in [0, 0.05) is 11.6 Å². The third kappa shape index (κ3) is 8.62. The highest BCUT2D eigenvalue weighted by molar-refractivity contribution is 7.91. The van der Waals surface area contributed by atoms with Crippen molar-refractivity contribution in [2.45, 2.75) is 37.3 Å². The Morgan fingerprint density at radius 1 is 1.04 bits per heavy atom. The first-order chi connectivity index (χ1) is 21.2. The largest absolute Gasteiger partial charge is 0.340 e. The van der Waals surface area contributed by atoms with E-state index in [0.29, 0.717) is 11.4 Å². The van der Waals surface area contributed by atoms with Crippen LogP contribution in [0.3, 0.4) is 0 Å². The van der Waals surface area contributed by atoms with Gasteiger partial charge in [-0.25, -0.2) is 13.1 Å². The number of aromatic amines is 1. The number of ether oxygens (including phenoxy) is 1. The molecule has 4 N–H and O–H groups in total. The highest BCUT2D eigenvalue weighted by atomic mass is 35.5. The number of hydrogen-bond acceptors (Lipinski definition) is 13. The predicted molar refractivity (Wildman–Crippen MR) is 168 cm³/mol. The van der Waals surface area contributed by atoms with Crippen molar-refractivity contribution in [3.63, 3.8) is 0 Å². The second kappa shape index (κ2) is 14.0. The van der Waals surface area contributed by atoms with Gasteiger partial charge in [-0.3, -0.25) is 14.4 Å². The van der Waals surface area contributed by atoms with Crippen LogP contribution in [0.5, 0.6) is 0 Å². The lowest BCUT2D eigenvalue weighted by atomic mass is 10.3. The molecular formula is C25H27Cl2N9O7S2. The molecule has 2 atom stereocenters. The summed E-state index contributed by atoms with van der Waals surface area (Å²) in [6.45, 7) is 4.50. The molecule has 2 aromatic carbocycles. The number of benzene rings is 2. The number of rotatable bonds is 13. The highest BCUT2D eigenvalue weighted by Gasteiger charge is 2.24. The molecule has 0 radical (unpaired) electrons. The standard InChI is InChI=1S/C25H27Cl2N9O7S2/c1-14-21(22(37)36(35-14)18-7-5-4-6-8-18)34-33-19-13-17(9-10-20(19)45(40,41)42)29-25-31-23(27)30-24(32-25)28-15(2)43-16(3)44(38,39)12-11-26/h4-10,13,15-16,35H,11-12H2,1-3H3,(H,40,41,42)(H2,28,29,30,31,32). The van der Waals surface area contributed by atoms with Crippen molar-refractivity contribution in [1.29, 1.82) is 0 Å². The van der Waals surface area contributed by atoms with Crippen LogP contribution in [0.4, 0.5) is 29.0 Å². The molecule has 2 heterocycles. The molecule has 0 bridgehead atoms. The molecule has 0 spiro atoms. The van der Waals surface area contributed by atoms with Crippen molar-refractivity contribution < 1.29 is 26.1 Å². The average Bonchev–Trinajstić information content (AvgIpc) is 3.24. The highest BCUT2D eigenvalue weighted by Crippen LogP contribution is 2.31. The first kappa shape index (κ1) is 33.9. The lowest BCUT2D eigenvalue weighted by Gasteiger charge is -2.20. The molecule has 16 nitrogen and oxygen atoms in total. The van der Waals surface area contributed by atoms with E-state index in [0.717, 1.165) is 6.07 Å². The van der Waals surface area contributed by atoms with E-state index in [4.69, 9.17) is 27.9 Å². The van der Waals surface area contributed by atoms with Crippen LogP contribution >= 0.6 is 23.2 Å². The quantitative estimate of drug-likeness (QED) is 0.0655. The number of nitrogens with one attached hydrogen (secondary N) is 3. The fourth-order valence-corrected chi connectivity index (χ4v) is 6.16. The lowest BCUT2D eigenvalue weighted by molar-refractivity contribution is 0.0685. The predicted octanol–water partition coefficient (Wildman–Crippen LogP) is 4.49. The first-order valence-electron chi connectivity index (χ1n) is 13.0. The summed E-state index contributed by atoms with van der Waals surface area (Å²) in [5, 5.41) is 16.2. The number of sulfone groups is 1. The number of halogens is 2. The van der Waals surface area contributed by atoms with Gasteiger partial charge in [-0.05, 0) is 62.7 Å². The van der Waals surface area contributed by atoms with E-state index >= 15 is 0 Å². The number of anilines is 3. The van der Waals surface area contributed by atoms with Crippen LogP contribution < -0.4 is 16.2 Å². The minimum Gasteiger partial charge on any atom is -0.340 e. The SMILES string of the molecule is Cc1[nH]n(-c2ccccc2)c(=O)c1N=Nc1cc(Nc2nc(Cl)nc(NC(C)OC(C)S(=O)(=O)CCCl)n2)ccc1S(=O)(=O)O. The Balaban J connectivity index is 1.60. The molecular weight excluding hydrogens is 673 g/mol. The van der Waals surface area contributed by atoms with Crippen LogP contribution in [0.1, 0.15) is 19.5 Å². The van der Waals surface area contributed by atoms with Crippen LogP contribution in [0.15, 0.2) is 68.4 Å². The zero-order chi connectivity index (χ0) is 32.9. The summed E-state index contributed by atoms with van der Waals surface area (Å²) < 4.78 is 65.0. The normalized spacial score (nSPS) is 13.6. The molecule has 45 heavy (non-hydrogen) atoms. The van der Waals surface area contributed by atoms with Gasteiger partial charge < -0.3 is 15.4 Å². The molecule has 20 heteroatoms. The van der Waals surface area contributed by atoms with Crippen LogP contribution in [0.25, 0.3) is 5.69 Å². The Morgan fingerprint density at radius 3 is 2.40 bits per heavy atom. The van der Waals surface area contributed by atoms with Gasteiger partial charge in [0.2, 0.25) is 17.2 Å². The van der Waals surface area contributed by atoms with Crippen LogP contribution in [0, 0.1) is 6.92 Å². The number of H-pyrrole nitrogens is 1. The van der Waals surface area contributed by atoms with Gasteiger partial charge >= 0.3 is 0 Å². The van der Waals surface area contributed by atoms with Crippen molar-refractivity contribution >= 4 is 72.1 Å². The number of aryl methyl sites for hydroxylation is 1. The molecule has 0 fully saturated rings. The molecule has 0 aliphatic carbocycles. The summed E-state index contributed by atoms with van der Waals surface area (Å²) in [6.07, 6.45) is -0.874. The summed E-state index contributed by atoms with van der Waals surface area (Å²) >= 11 is 11.6. The molecule has 0 aliphatic rings. The van der Waals surface area contributed by atoms with Crippen molar-refractivity contribution in [2.24, 2.45) is 10.2 Å². The zero-order valence-electron chi connectivity index (χ0n) is 23.8. The third-order valence-electron chi connectivity index (χ3n) is 6.01. The summed E-state index contributed by atoms with van der Waals surface area (Å²) in [5.41, 5.74) is -0.982. The van der Waals surface area contributed by atoms with Crippen molar-refractivity contribution in [3.05, 3.63) is 69.9 Å². The number of aromatic nitrogens is 5. The number of azo groups is 1. The number of alkyl halides is 1. The van der Waals surface area contributed by atoms with E-state index < -0.39 is 42.1 Å². The second-order valence-electron chi connectivity index (χ2n) is 9.34. The van der Waals surface area contributed by atoms with Crippen LogP contribution in [-0.2, 0) is 24.7 Å². The third-order valence-corrected chi connectivity index (χ3v) is 9.39. The molecule has 0 saturated carbocycles. The van der Waals surface area contributed by atoms with Gasteiger partial charge in [0.1, 0.15) is 16.8 Å². The molecule has 2 aromatic heterocycles. The molecule has 2 unspecified atom stereocenters. The molecule has 240 valence electrons. The molecule has 0 amide bonds. The zero-order valence-corrected chi connectivity index (χ0v) is 27.0. The Bertz CT molecular complexity index is 1990. The monoisotopic (exact) mass is 699 g/mol. The van der Waals surface area contributed by atoms with Crippen molar-refractivity contribution in [1.82, 2.24) is 24.7 Å². The summed E-state index contributed by atoms with van der Waals surface area (Å²) in [6, 6.07) is 12.3. The van der Waals surface area contributed by atoms with Crippen LogP contribution in [0.2, 0.25) is 5.28 Å². The fourth-order valence-electron chi connectivity index (χ4n) is 3.87.